The molecule has 0 aliphatic carbocycles. The number of pyridine rings is 1. The minimum absolute atomic E-state index is 0.147. The van der Waals surface area contributed by atoms with Crippen LogP contribution in [-0.2, 0) is 23.7 Å². The molecule has 0 aromatic carbocycles. The Labute approximate surface area is 120 Å². The topological polar surface area (TPSA) is 63.6 Å². The van der Waals surface area contributed by atoms with Crippen LogP contribution in [0.15, 0.2) is 12.3 Å². The summed E-state index contributed by atoms with van der Waals surface area (Å²) < 4.78 is 11.0. The van der Waals surface area contributed by atoms with E-state index in [-0.39, 0.29) is 12.1 Å². The Morgan fingerprint density at radius 2 is 2.21 bits per heavy atom. The van der Waals surface area contributed by atoms with Crippen molar-refractivity contribution in [2.75, 3.05) is 13.2 Å². The number of fused-ring (bicyclic) bond motifs is 1. The molecule has 19 heavy (non-hydrogen) atoms. The van der Waals surface area contributed by atoms with Crippen LogP contribution in [0.25, 0.3) is 0 Å². The molecule has 6 heteroatoms. The molecule has 1 aromatic heterocycles. The zero-order valence-electron chi connectivity index (χ0n) is 11.0. The van der Waals surface area contributed by atoms with Crippen LogP contribution >= 0.6 is 0 Å². The number of hydrogen-bond donors (Lipinski definition) is 2. The summed E-state index contributed by atoms with van der Waals surface area (Å²) in [5, 5.41) is 15.8. The summed E-state index contributed by atoms with van der Waals surface area (Å²) >= 11 is -0.400. The van der Waals surface area contributed by atoms with Crippen molar-refractivity contribution in [2.45, 2.75) is 35.1 Å². The van der Waals surface area contributed by atoms with Gasteiger partial charge in [-0.05, 0) is 0 Å². The van der Waals surface area contributed by atoms with Crippen molar-refractivity contribution in [1.82, 2.24) is 10.3 Å². The maximum absolute atomic E-state index is 9.96. The van der Waals surface area contributed by atoms with E-state index in [1.807, 2.05) is 6.07 Å². The molecule has 3 heterocycles. The van der Waals surface area contributed by atoms with Gasteiger partial charge < -0.3 is 0 Å². The van der Waals surface area contributed by atoms with Gasteiger partial charge in [0.15, 0.2) is 0 Å². The Morgan fingerprint density at radius 1 is 1.37 bits per heavy atom. The van der Waals surface area contributed by atoms with Crippen LogP contribution in [0.1, 0.15) is 12.1 Å². The van der Waals surface area contributed by atoms with Crippen molar-refractivity contribution in [2.24, 2.45) is 0 Å². The van der Waals surface area contributed by atoms with Gasteiger partial charge in [-0.3, -0.25) is 0 Å². The van der Waals surface area contributed by atoms with E-state index in [1.54, 1.807) is 6.20 Å². The second-order valence-corrected chi connectivity index (χ2v) is 9.34. The molecule has 2 atom stereocenters. The van der Waals surface area contributed by atoms with Crippen molar-refractivity contribution in [3.8, 4) is 11.5 Å². The van der Waals surface area contributed by atoms with Crippen molar-refractivity contribution in [3.05, 3.63) is 18.0 Å². The molecule has 3 rings (SSSR count). The molecule has 0 unspecified atom stereocenters. The fraction of sp³-hybridized carbons (Fsp3) is 0.615. The van der Waals surface area contributed by atoms with E-state index in [2.05, 4.69) is 10.3 Å². The Morgan fingerprint density at radius 3 is 3.05 bits per heavy atom. The van der Waals surface area contributed by atoms with Crippen molar-refractivity contribution < 1.29 is 31.7 Å². The van der Waals surface area contributed by atoms with E-state index in [0.717, 1.165) is 28.6 Å². The zero-order valence-corrected chi connectivity index (χ0v) is 13.9. The van der Waals surface area contributed by atoms with Gasteiger partial charge in [-0.25, -0.2) is 0 Å². The van der Waals surface area contributed by atoms with Crippen LogP contribution in [0, 0.1) is 0 Å². The van der Waals surface area contributed by atoms with Gasteiger partial charge in [-0.1, -0.05) is 0 Å². The van der Waals surface area contributed by atoms with Crippen LogP contribution < -0.4 is 14.8 Å². The number of aliphatic hydroxyl groups is 1. The summed E-state index contributed by atoms with van der Waals surface area (Å²) in [6, 6.07) is 2.16. The van der Waals surface area contributed by atoms with Gasteiger partial charge in [0.1, 0.15) is 0 Å². The molecule has 0 bridgehead atoms. The second kappa shape index (κ2) is 6.16. The molecule has 5 nitrogen and oxygen atoms in total. The predicted molar refractivity (Wildman–Crippen MR) is 66.1 cm³/mol. The number of aliphatic hydroxyl groups excluding tert-OH is 1. The van der Waals surface area contributed by atoms with E-state index in [9.17, 15) is 5.11 Å². The third kappa shape index (κ3) is 3.25. The van der Waals surface area contributed by atoms with Crippen LogP contribution in [0.3, 0.4) is 0 Å². The van der Waals surface area contributed by atoms with Gasteiger partial charge in [0.05, 0.1) is 0 Å². The molecule has 1 aromatic rings. The van der Waals surface area contributed by atoms with Gasteiger partial charge in [0.2, 0.25) is 0 Å². The third-order valence-electron chi connectivity index (χ3n) is 3.76. The summed E-state index contributed by atoms with van der Waals surface area (Å²) in [7, 11) is 0. The average molecular weight is 316 g/mol. The normalized spacial score (nSPS) is 25.3. The first-order chi connectivity index (χ1) is 9.33. The molecule has 0 saturated carbocycles. The molecule has 2 aliphatic rings. The van der Waals surface area contributed by atoms with Crippen LogP contribution in [0.2, 0.25) is 10.0 Å². The van der Waals surface area contributed by atoms with Gasteiger partial charge in [0.25, 0.3) is 0 Å². The van der Waals surface area contributed by atoms with E-state index in [0.29, 0.717) is 19.8 Å². The minimum atomic E-state index is -0.400. The first kappa shape index (κ1) is 13.3. The summed E-state index contributed by atoms with van der Waals surface area (Å²) in [5.41, 5.74) is 0.934. The van der Waals surface area contributed by atoms with Gasteiger partial charge in [-0.2, -0.15) is 0 Å². The van der Waals surface area contributed by atoms with Crippen molar-refractivity contribution >= 4 is 0 Å². The quantitative estimate of drug-likeness (QED) is 0.815. The summed E-state index contributed by atoms with van der Waals surface area (Å²) in [6.07, 6.45) is 2.69. The van der Waals surface area contributed by atoms with E-state index < -0.39 is 17.1 Å². The molecule has 0 amide bonds. The molecule has 0 spiro atoms. The van der Waals surface area contributed by atoms with E-state index in [4.69, 9.17) is 9.47 Å². The second-order valence-electron chi connectivity index (χ2n) is 5.16. The number of nitrogens with one attached hydrogen (secondary N) is 1. The molecule has 2 N–H and O–H groups in total. The third-order valence-corrected chi connectivity index (χ3v) is 7.76. The first-order valence-electron chi connectivity index (χ1n) is 6.99. The SMILES string of the molecule is O[C@@H]1[CH2][Zn][CH2]C[C@H]1NCc1cc2c(cn1)OCCO2. The summed E-state index contributed by atoms with van der Waals surface area (Å²) in [6.45, 7) is 1.86. The fourth-order valence-corrected chi connectivity index (χ4v) is 6.53. The van der Waals surface area contributed by atoms with Gasteiger partial charge in [0, 0.05) is 0 Å². The average Bonchev–Trinajstić information content (AvgIpc) is 2.46. The van der Waals surface area contributed by atoms with E-state index >= 15 is 0 Å². The van der Waals surface area contributed by atoms with Gasteiger partial charge >= 0.3 is 120 Å². The van der Waals surface area contributed by atoms with Crippen LogP contribution in [-0.4, -0.2) is 35.5 Å². The summed E-state index contributed by atoms with van der Waals surface area (Å²) in [4.78, 5) is 4.36. The van der Waals surface area contributed by atoms with E-state index in [1.165, 1.54) is 5.02 Å². The Hall–Kier alpha value is -0.707. The van der Waals surface area contributed by atoms with Gasteiger partial charge in [-0.15, -0.1) is 0 Å². The zero-order chi connectivity index (χ0) is 13.1. The molecule has 2 aliphatic heterocycles. The maximum atomic E-state index is 9.96. The molecule has 1 saturated heterocycles. The first-order valence-corrected chi connectivity index (χ1v) is 11.2. The number of ether oxygens (including phenoxy) is 2. The molecule has 1 fully saturated rings. The van der Waals surface area contributed by atoms with Crippen LogP contribution in [0.5, 0.6) is 11.5 Å². The molecule has 100 valence electrons. The Balaban J connectivity index is 1.60. The number of aromatic nitrogens is 1. The standard InChI is InChI=1S/C13H18N2O3.Zn/c1-3-11(9(2)16)15-7-10-6-12-13(8-14-10)18-5-4-17-12;/h6,8-9,11,15-16H,1-5,7H2;/t9-,11-;/m1./s1. The van der Waals surface area contributed by atoms with Crippen molar-refractivity contribution in [1.29, 1.82) is 0 Å². The number of rotatable bonds is 3. The number of hydrogen-bond acceptors (Lipinski definition) is 5. The molecular weight excluding hydrogens is 298 g/mol. The van der Waals surface area contributed by atoms with Crippen LogP contribution in [0.4, 0.5) is 0 Å². The molecule has 0 radical (unpaired) electrons. The summed E-state index contributed by atoms with van der Waals surface area (Å²) in [5.74, 6) is 1.50. The molecular formula is C13H18N2O3Zn. The Bertz CT molecular complexity index is 444. The Kier molecular flexibility index (Phi) is 4.31. The monoisotopic (exact) mass is 314 g/mol. The van der Waals surface area contributed by atoms with Crippen molar-refractivity contribution in [3.63, 3.8) is 0 Å². The predicted octanol–water partition coefficient (Wildman–Crippen LogP) is 0.995. The number of nitrogens with zero attached hydrogens (tertiary/aromatic N) is 1. The fourth-order valence-electron chi connectivity index (χ4n) is 2.67.